The largest absolute Gasteiger partial charge is 0.497 e. The van der Waals surface area contributed by atoms with Crippen LogP contribution in [-0.4, -0.2) is 12.9 Å². The molecule has 2 aromatic rings. The zero-order chi connectivity index (χ0) is 18.9. The number of ketones is 1. The van der Waals surface area contributed by atoms with E-state index in [1.807, 2.05) is 69.3 Å². The lowest BCUT2D eigenvalue weighted by Crippen LogP contribution is -2.21. The summed E-state index contributed by atoms with van der Waals surface area (Å²) >= 11 is 6.04. The zero-order valence-electron chi connectivity index (χ0n) is 15.6. The maximum atomic E-state index is 13.1. The number of halogens is 1. The molecule has 0 saturated heterocycles. The van der Waals surface area contributed by atoms with E-state index >= 15 is 0 Å². The Labute approximate surface area is 160 Å². The average Bonchev–Trinajstić information content (AvgIpc) is 3.36. The molecule has 134 valence electrons. The van der Waals surface area contributed by atoms with Crippen molar-refractivity contribution in [2.45, 2.75) is 38.5 Å². The second-order valence-electron chi connectivity index (χ2n) is 7.84. The molecule has 0 bridgehead atoms. The molecule has 0 N–H and O–H groups in total. The van der Waals surface area contributed by atoms with Crippen LogP contribution in [0.1, 0.15) is 44.2 Å². The van der Waals surface area contributed by atoms with Crippen molar-refractivity contribution in [3.63, 3.8) is 0 Å². The first-order chi connectivity index (χ1) is 12.3. The molecule has 3 rings (SSSR count). The first-order valence-corrected chi connectivity index (χ1v) is 9.12. The van der Waals surface area contributed by atoms with E-state index in [-0.39, 0.29) is 17.1 Å². The van der Waals surface area contributed by atoms with Gasteiger partial charge in [-0.3, -0.25) is 4.79 Å². The molecule has 0 spiro atoms. The molecule has 1 saturated carbocycles. The van der Waals surface area contributed by atoms with Gasteiger partial charge in [0.2, 0.25) is 5.78 Å². The van der Waals surface area contributed by atoms with Crippen molar-refractivity contribution >= 4 is 17.4 Å². The van der Waals surface area contributed by atoms with Gasteiger partial charge in [-0.15, -0.1) is 0 Å². The Morgan fingerprint density at radius 1 is 1.12 bits per heavy atom. The lowest BCUT2D eigenvalue weighted by atomic mass is 9.86. The molecule has 1 aliphatic rings. The maximum Gasteiger partial charge on any atom is 0.216 e. The van der Waals surface area contributed by atoms with Gasteiger partial charge in [0.15, 0.2) is 0 Å². The van der Waals surface area contributed by atoms with E-state index in [2.05, 4.69) is 11.8 Å². The minimum Gasteiger partial charge on any atom is -0.497 e. The van der Waals surface area contributed by atoms with Gasteiger partial charge in [0.1, 0.15) is 5.75 Å². The summed E-state index contributed by atoms with van der Waals surface area (Å²) in [5.74, 6) is 6.92. The summed E-state index contributed by atoms with van der Waals surface area (Å²) in [6.45, 7) is 6.03. The molecule has 0 amide bonds. The molecule has 1 aliphatic carbocycles. The Balaban J connectivity index is 1.99. The normalized spacial score (nSPS) is 21.5. The smallest absolute Gasteiger partial charge is 0.216 e. The third-order valence-electron chi connectivity index (χ3n) is 4.79. The number of hydrogen-bond acceptors (Lipinski definition) is 2. The zero-order valence-corrected chi connectivity index (χ0v) is 16.4. The molecule has 0 aliphatic heterocycles. The Morgan fingerprint density at radius 2 is 1.73 bits per heavy atom. The third-order valence-corrected chi connectivity index (χ3v) is 5.05. The number of benzene rings is 2. The average molecular weight is 367 g/mol. The van der Waals surface area contributed by atoms with E-state index in [0.717, 1.165) is 23.3 Å². The van der Waals surface area contributed by atoms with Gasteiger partial charge in [-0.05, 0) is 68.5 Å². The Morgan fingerprint density at radius 3 is 2.27 bits per heavy atom. The minimum absolute atomic E-state index is 0.0180. The minimum atomic E-state index is -0.586. The fourth-order valence-corrected chi connectivity index (χ4v) is 3.43. The number of ether oxygens (including phenoxy) is 1. The molecule has 2 nitrogen and oxygen atoms in total. The summed E-state index contributed by atoms with van der Waals surface area (Å²) in [7, 11) is 1.65. The van der Waals surface area contributed by atoms with Gasteiger partial charge in [-0.1, -0.05) is 41.8 Å². The van der Waals surface area contributed by atoms with Gasteiger partial charge >= 0.3 is 0 Å². The van der Waals surface area contributed by atoms with E-state index in [0.29, 0.717) is 5.02 Å². The summed E-state index contributed by atoms with van der Waals surface area (Å²) in [5.41, 5.74) is 1.32. The fourth-order valence-electron chi connectivity index (χ4n) is 3.31. The number of carbonyl (C=O) groups is 1. The number of methoxy groups -OCH3 is 1. The van der Waals surface area contributed by atoms with Gasteiger partial charge < -0.3 is 4.74 Å². The van der Waals surface area contributed by atoms with Gasteiger partial charge in [0.05, 0.1) is 12.5 Å². The second kappa shape index (κ2) is 6.82. The lowest BCUT2D eigenvalue weighted by molar-refractivity contribution is -0.116. The van der Waals surface area contributed by atoms with Crippen molar-refractivity contribution in [1.82, 2.24) is 0 Å². The van der Waals surface area contributed by atoms with Crippen molar-refractivity contribution in [2.75, 3.05) is 7.11 Å². The summed E-state index contributed by atoms with van der Waals surface area (Å²) < 4.78 is 5.24. The van der Waals surface area contributed by atoms with E-state index in [1.165, 1.54) is 0 Å². The third kappa shape index (κ3) is 3.64. The standard InChI is InChI=1S/C23H23ClO2/c1-22(2,3)14-13-21(25)23(17-7-9-18(24)10-8-17)15-20(23)16-5-11-19(26-4)12-6-16/h5-12,20H,15H2,1-4H3/t20-,23-/m1/s1. The number of hydrogen-bond donors (Lipinski definition) is 0. The lowest BCUT2D eigenvalue weighted by Gasteiger charge is -2.15. The number of rotatable bonds is 4. The first kappa shape index (κ1) is 18.5. The van der Waals surface area contributed by atoms with Crippen LogP contribution in [0.5, 0.6) is 5.75 Å². The highest BCUT2D eigenvalue weighted by molar-refractivity contribution is 6.30. The van der Waals surface area contributed by atoms with Crippen LogP contribution < -0.4 is 4.74 Å². The van der Waals surface area contributed by atoms with Crippen LogP contribution in [0.15, 0.2) is 48.5 Å². The molecule has 26 heavy (non-hydrogen) atoms. The number of carbonyl (C=O) groups excluding carboxylic acids is 1. The summed E-state index contributed by atoms with van der Waals surface area (Å²) in [6.07, 6.45) is 0.763. The van der Waals surface area contributed by atoms with Gasteiger partial charge in [-0.25, -0.2) is 0 Å². The first-order valence-electron chi connectivity index (χ1n) is 8.74. The molecule has 2 aromatic carbocycles. The molecule has 0 aromatic heterocycles. The van der Waals surface area contributed by atoms with E-state index < -0.39 is 5.41 Å². The molecule has 1 fully saturated rings. The Kier molecular flexibility index (Phi) is 4.86. The van der Waals surface area contributed by atoms with Gasteiger partial charge in [-0.2, -0.15) is 0 Å². The van der Waals surface area contributed by atoms with Gasteiger partial charge in [0, 0.05) is 16.4 Å². The van der Waals surface area contributed by atoms with Crippen LogP contribution in [-0.2, 0) is 10.2 Å². The van der Waals surface area contributed by atoms with Crippen LogP contribution in [0.25, 0.3) is 0 Å². The highest BCUT2D eigenvalue weighted by Gasteiger charge is 2.60. The molecule has 3 heteroatoms. The van der Waals surface area contributed by atoms with E-state index in [4.69, 9.17) is 16.3 Å². The summed E-state index contributed by atoms with van der Waals surface area (Å²) in [6, 6.07) is 15.5. The summed E-state index contributed by atoms with van der Waals surface area (Å²) in [4.78, 5) is 13.1. The Bertz CT molecular complexity index is 864. The molecule has 0 radical (unpaired) electrons. The molecular formula is C23H23ClO2. The second-order valence-corrected chi connectivity index (χ2v) is 8.27. The predicted molar refractivity (Wildman–Crippen MR) is 106 cm³/mol. The SMILES string of the molecule is COc1ccc([C@H]2C[C@@]2(C(=O)C#CC(C)(C)C)c2ccc(Cl)cc2)cc1. The van der Waals surface area contributed by atoms with Crippen molar-refractivity contribution in [2.24, 2.45) is 5.41 Å². The summed E-state index contributed by atoms with van der Waals surface area (Å²) in [5, 5.41) is 0.666. The molecule has 0 heterocycles. The van der Waals surface area contributed by atoms with Crippen LogP contribution in [0, 0.1) is 17.3 Å². The predicted octanol–water partition coefficient (Wildman–Crippen LogP) is 5.39. The monoisotopic (exact) mass is 366 g/mol. The quantitative estimate of drug-likeness (QED) is 0.535. The highest BCUT2D eigenvalue weighted by Crippen LogP contribution is 2.61. The van der Waals surface area contributed by atoms with Gasteiger partial charge in [0.25, 0.3) is 0 Å². The van der Waals surface area contributed by atoms with Crippen LogP contribution in [0.2, 0.25) is 5.02 Å². The van der Waals surface area contributed by atoms with Crippen LogP contribution >= 0.6 is 11.6 Å². The fraction of sp³-hybridized carbons (Fsp3) is 0.348. The van der Waals surface area contributed by atoms with E-state index in [1.54, 1.807) is 7.11 Å². The van der Waals surface area contributed by atoms with Crippen molar-refractivity contribution in [1.29, 1.82) is 0 Å². The van der Waals surface area contributed by atoms with E-state index in [9.17, 15) is 4.79 Å². The highest BCUT2D eigenvalue weighted by atomic mass is 35.5. The van der Waals surface area contributed by atoms with Crippen molar-refractivity contribution < 1.29 is 9.53 Å². The van der Waals surface area contributed by atoms with Crippen LogP contribution in [0.3, 0.4) is 0 Å². The Hall–Kier alpha value is -2.24. The van der Waals surface area contributed by atoms with Crippen molar-refractivity contribution in [3.05, 3.63) is 64.7 Å². The van der Waals surface area contributed by atoms with Crippen molar-refractivity contribution in [3.8, 4) is 17.6 Å². The maximum absolute atomic E-state index is 13.1. The molecular weight excluding hydrogens is 344 g/mol. The molecule has 2 atom stereocenters. The number of Topliss-reactive ketones (excluding diaryl/α,β-unsaturated/α-hetero) is 1. The van der Waals surface area contributed by atoms with Crippen LogP contribution in [0.4, 0.5) is 0 Å². The molecule has 0 unspecified atom stereocenters. The topological polar surface area (TPSA) is 26.3 Å².